The molecule has 14 heavy (non-hydrogen) atoms. The van der Waals surface area contributed by atoms with Gasteiger partial charge in [-0.25, -0.2) is 0 Å². The fraction of sp³-hybridized carbons (Fsp3) is 0.455. The fourth-order valence-electron chi connectivity index (χ4n) is 1.18. The van der Waals surface area contributed by atoms with Gasteiger partial charge in [-0.2, -0.15) is 0 Å². The van der Waals surface area contributed by atoms with E-state index in [0.29, 0.717) is 6.04 Å². The Labute approximate surface area is 93.7 Å². The number of hydrogen-bond acceptors (Lipinski definition) is 2. The summed E-state index contributed by atoms with van der Waals surface area (Å²) in [6.45, 7) is 4.37. The van der Waals surface area contributed by atoms with E-state index in [2.05, 4.69) is 41.7 Å². The molecule has 0 aromatic heterocycles. The number of benzene rings is 1. The van der Waals surface area contributed by atoms with Gasteiger partial charge in [0.05, 0.1) is 6.61 Å². The van der Waals surface area contributed by atoms with Crippen LogP contribution in [0.15, 0.2) is 22.7 Å². The zero-order chi connectivity index (χ0) is 10.7. The highest BCUT2D eigenvalue weighted by atomic mass is 79.9. The summed E-state index contributed by atoms with van der Waals surface area (Å²) in [5.74, 6) is 0. The summed E-state index contributed by atoms with van der Waals surface area (Å²) in [5, 5.41) is 9.01. The van der Waals surface area contributed by atoms with Crippen molar-refractivity contribution in [2.75, 3.05) is 11.9 Å². The van der Waals surface area contributed by atoms with E-state index in [1.165, 1.54) is 0 Å². The third kappa shape index (κ3) is 2.49. The predicted octanol–water partition coefficient (Wildman–Crippen LogP) is 2.79. The molecule has 0 aliphatic rings. The van der Waals surface area contributed by atoms with Gasteiger partial charge in [-0.1, -0.05) is 22.0 Å². The second-order valence-electron chi connectivity index (χ2n) is 3.64. The molecular formula is C11H16BrNO. The average molecular weight is 258 g/mol. The molecule has 0 bridgehead atoms. The van der Waals surface area contributed by atoms with E-state index in [1.807, 2.05) is 18.2 Å². The van der Waals surface area contributed by atoms with E-state index < -0.39 is 0 Å². The summed E-state index contributed by atoms with van der Waals surface area (Å²) in [6, 6.07) is 6.47. The van der Waals surface area contributed by atoms with Gasteiger partial charge in [-0.3, -0.25) is 0 Å². The molecule has 0 aliphatic heterocycles. The van der Waals surface area contributed by atoms with Crippen molar-refractivity contribution < 1.29 is 5.11 Å². The average Bonchev–Trinajstić information content (AvgIpc) is 2.16. The lowest BCUT2D eigenvalue weighted by Crippen LogP contribution is -2.25. The number of hydrogen-bond donors (Lipinski definition) is 1. The van der Waals surface area contributed by atoms with Crippen molar-refractivity contribution in [1.82, 2.24) is 0 Å². The Morgan fingerprint density at radius 2 is 2.07 bits per heavy atom. The molecule has 0 spiro atoms. The van der Waals surface area contributed by atoms with Crippen LogP contribution in [0.4, 0.5) is 5.69 Å². The Morgan fingerprint density at radius 1 is 1.43 bits per heavy atom. The van der Waals surface area contributed by atoms with E-state index in [0.717, 1.165) is 15.7 Å². The topological polar surface area (TPSA) is 23.5 Å². The van der Waals surface area contributed by atoms with Crippen LogP contribution < -0.4 is 4.90 Å². The largest absolute Gasteiger partial charge is 0.392 e. The molecule has 2 nitrogen and oxygen atoms in total. The molecule has 78 valence electrons. The van der Waals surface area contributed by atoms with Gasteiger partial charge in [0.1, 0.15) is 0 Å². The zero-order valence-electron chi connectivity index (χ0n) is 8.79. The van der Waals surface area contributed by atoms with Crippen LogP contribution in [0.5, 0.6) is 0 Å². The molecule has 0 atom stereocenters. The second kappa shape index (κ2) is 4.80. The highest BCUT2D eigenvalue weighted by Crippen LogP contribution is 2.24. The van der Waals surface area contributed by atoms with Crippen LogP contribution in [0.25, 0.3) is 0 Å². The monoisotopic (exact) mass is 257 g/mol. The van der Waals surface area contributed by atoms with Crippen LogP contribution >= 0.6 is 15.9 Å². The van der Waals surface area contributed by atoms with E-state index in [1.54, 1.807) is 0 Å². The molecule has 1 N–H and O–H groups in total. The molecule has 0 fully saturated rings. The first kappa shape index (κ1) is 11.5. The SMILES string of the molecule is CC(C)N(C)c1ccc(CO)c(Br)c1. The van der Waals surface area contributed by atoms with Crippen molar-refractivity contribution in [3.8, 4) is 0 Å². The van der Waals surface area contributed by atoms with Crippen LogP contribution in [0.3, 0.4) is 0 Å². The van der Waals surface area contributed by atoms with Crippen molar-refractivity contribution in [3.05, 3.63) is 28.2 Å². The minimum absolute atomic E-state index is 0.0757. The summed E-state index contributed by atoms with van der Waals surface area (Å²) in [4.78, 5) is 2.19. The van der Waals surface area contributed by atoms with E-state index in [4.69, 9.17) is 5.11 Å². The van der Waals surface area contributed by atoms with Crippen molar-refractivity contribution >= 4 is 21.6 Å². The Morgan fingerprint density at radius 3 is 2.50 bits per heavy atom. The lowest BCUT2D eigenvalue weighted by Gasteiger charge is -2.24. The highest BCUT2D eigenvalue weighted by molar-refractivity contribution is 9.10. The number of aliphatic hydroxyl groups is 1. The number of aliphatic hydroxyl groups excluding tert-OH is 1. The second-order valence-corrected chi connectivity index (χ2v) is 4.49. The molecule has 1 rings (SSSR count). The van der Waals surface area contributed by atoms with Gasteiger partial charge in [0.2, 0.25) is 0 Å². The fourth-order valence-corrected chi connectivity index (χ4v) is 1.67. The molecule has 0 radical (unpaired) electrons. The maximum Gasteiger partial charge on any atom is 0.0692 e. The molecule has 0 saturated carbocycles. The van der Waals surface area contributed by atoms with Crippen LogP contribution in [-0.4, -0.2) is 18.2 Å². The van der Waals surface area contributed by atoms with Crippen molar-refractivity contribution in [1.29, 1.82) is 0 Å². The number of rotatable bonds is 3. The predicted molar refractivity (Wildman–Crippen MR) is 63.6 cm³/mol. The van der Waals surface area contributed by atoms with Gasteiger partial charge in [-0.05, 0) is 31.5 Å². The maximum absolute atomic E-state index is 9.01. The summed E-state index contributed by atoms with van der Waals surface area (Å²) in [7, 11) is 2.06. The summed E-state index contributed by atoms with van der Waals surface area (Å²) < 4.78 is 0.963. The van der Waals surface area contributed by atoms with Gasteiger partial charge in [0.25, 0.3) is 0 Å². The smallest absolute Gasteiger partial charge is 0.0692 e. The zero-order valence-corrected chi connectivity index (χ0v) is 10.4. The van der Waals surface area contributed by atoms with Crippen molar-refractivity contribution in [2.24, 2.45) is 0 Å². The van der Waals surface area contributed by atoms with E-state index in [-0.39, 0.29) is 6.61 Å². The summed E-state index contributed by atoms with van der Waals surface area (Å²) >= 11 is 3.44. The molecule has 3 heteroatoms. The highest BCUT2D eigenvalue weighted by Gasteiger charge is 2.06. The van der Waals surface area contributed by atoms with Gasteiger partial charge in [0, 0.05) is 23.2 Å². The summed E-state index contributed by atoms with van der Waals surface area (Å²) in [6.07, 6.45) is 0. The molecule has 0 heterocycles. The Hall–Kier alpha value is -0.540. The minimum Gasteiger partial charge on any atom is -0.392 e. The van der Waals surface area contributed by atoms with Crippen molar-refractivity contribution in [3.63, 3.8) is 0 Å². The number of halogens is 1. The van der Waals surface area contributed by atoms with E-state index in [9.17, 15) is 0 Å². The van der Waals surface area contributed by atoms with Gasteiger partial charge >= 0.3 is 0 Å². The molecule has 0 aliphatic carbocycles. The number of anilines is 1. The Balaban J connectivity index is 2.96. The summed E-state index contributed by atoms with van der Waals surface area (Å²) in [5.41, 5.74) is 2.08. The lowest BCUT2D eigenvalue weighted by atomic mass is 10.2. The standard InChI is InChI=1S/C11H16BrNO/c1-8(2)13(3)10-5-4-9(7-14)11(12)6-10/h4-6,8,14H,7H2,1-3H3. The third-order valence-electron chi connectivity index (χ3n) is 2.39. The van der Waals surface area contributed by atoms with Crippen LogP contribution in [0, 0.1) is 0 Å². The van der Waals surface area contributed by atoms with Crippen LogP contribution in [-0.2, 0) is 6.61 Å². The van der Waals surface area contributed by atoms with E-state index >= 15 is 0 Å². The molecule has 0 amide bonds. The van der Waals surface area contributed by atoms with Crippen molar-refractivity contribution in [2.45, 2.75) is 26.5 Å². The van der Waals surface area contributed by atoms with Gasteiger partial charge in [0.15, 0.2) is 0 Å². The molecule has 1 aromatic carbocycles. The Bertz CT molecular complexity index is 312. The van der Waals surface area contributed by atoms with Crippen LogP contribution in [0.1, 0.15) is 19.4 Å². The first-order valence-corrected chi connectivity index (χ1v) is 5.47. The lowest BCUT2D eigenvalue weighted by molar-refractivity contribution is 0.281. The third-order valence-corrected chi connectivity index (χ3v) is 3.13. The first-order chi connectivity index (χ1) is 6.56. The van der Waals surface area contributed by atoms with Gasteiger partial charge in [-0.15, -0.1) is 0 Å². The molecule has 0 saturated heterocycles. The normalized spacial score (nSPS) is 10.7. The first-order valence-electron chi connectivity index (χ1n) is 4.68. The minimum atomic E-state index is 0.0757. The Kier molecular flexibility index (Phi) is 3.96. The molecule has 0 unspecified atom stereocenters. The van der Waals surface area contributed by atoms with Crippen LogP contribution in [0.2, 0.25) is 0 Å². The molecule has 1 aromatic rings. The maximum atomic E-state index is 9.01. The van der Waals surface area contributed by atoms with Gasteiger partial charge < -0.3 is 10.0 Å². The molecular weight excluding hydrogens is 242 g/mol. The number of nitrogens with zero attached hydrogens (tertiary/aromatic N) is 1. The quantitative estimate of drug-likeness (QED) is 0.901.